The number of benzene rings is 3. The van der Waals surface area contributed by atoms with Gasteiger partial charge in [0.05, 0.1) is 33.8 Å². The SMILES string of the molecule is COc1ccc(C(OCC2COC(n3cnc4c(=O)[nH]c(NC(=O)C(C)C)nc43)C2)(c2ccccc2)c2ccc(OC)cc2)cc1. The highest BCUT2D eigenvalue weighted by Gasteiger charge is 2.40. The molecule has 0 radical (unpaired) electrons. The van der Waals surface area contributed by atoms with E-state index in [9.17, 15) is 9.59 Å². The van der Waals surface area contributed by atoms with Crippen LogP contribution in [0, 0.1) is 11.8 Å². The summed E-state index contributed by atoms with van der Waals surface area (Å²) in [6, 6.07) is 26.0. The first-order chi connectivity index (χ1) is 22.3. The lowest BCUT2D eigenvalue weighted by Crippen LogP contribution is -2.35. The summed E-state index contributed by atoms with van der Waals surface area (Å²) in [4.78, 5) is 36.4. The number of aromatic amines is 1. The van der Waals surface area contributed by atoms with Crippen molar-refractivity contribution >= 4 is 23.0 Å². The zero-order valence-electron chi connectivity index (χ0n) is 26.2. The summed E-state index contributed by atoms with van der Waals surface area (Å²) in [6.07, 6.45) is 1.73. The second kappa shape index (κ2) is 13.2. The van der Waals surface area contributed by atoms with Crippen LogP contribution in [0.5, 0.6) is 11.5 Å². The Bertz CT molecular complexity index is 1800. The van der Waals surface area contributed by atoms with Gasteiger partial charge in [-0.25, -0.2) is 4.98 Å². The molecule has 46 heavy (non-hydrogen) atoms. The molecule has 11 nitrogen and oxygen atoms in total. The molecular weight excluding hydrogens is 586 g/mol. The van der Waals surface area contributed by atoms with E-state index < -0.39 is 17.4 Å². The number of carbonyl (C=O) groups excluding carboxylic acids is 1. The van der Waals surface area contributed by atoms with E-state index in [1.165, 1.54) is 0 Å². The van der Waals surface area contributed by atoms with Gasteiger partial charge in [-0.2, -0.15) is 4.98 Å². The molecule has 1 amide bonds. The fraction of sp³-hybridized carbons (Fsp3) is 0.314. The van der Waals surface area contributed by atoms with Crippen LogP contribution < -0.4 is 20.3 Å². The van der Waals surface area contributed by atoms with Gasteiger partial charge in [0.1, 0.15) is 23.3 Å². The molecule has 2 N–H and O–H groups in total. The predicted molar refractivity (Wildman–Crippen MR) is 173 cm³/mol. The number of aromatic nitrogens is 4. The van der Waals surface area contributed by atoms with E-state index in [1.54, 1.807) is 39.0 Å². The summed E-state index contributed by atoms with van der Waals surface area (Å²) in [5, 5.41) is 2.67. The summed E-state index contributed by atoms with van der Waals surface area (Å²) < 4.78 is 26.0. The van der Waals surface area contributed by atoms with Gasteiger partial charge in [-0.1, -0.05) is 68.4 Å². The molecule has 3 aromatic carbocycles. The zero-order valence-corrected chi connectivity index (χ0v) is 26.2. The van der Waals surface area contributed by atoms with Crippen LogP contribution in [-0.4, -0.2) is 52.9 Å². The molecule has 11 heteroatoms. The average Bonchev–Trinajstić information content (AvgIpc) is 3.73. The van der Waals surface area contributed by atoms with Crippen molar-refractivity contribution < 1.29 is 23.7 Å². The molecule has 2 aromatic heterocycles. The van der Waals surface area contributed by atoms with Crippen LogP contribution in [0.3, 0.4) is 0 Å². The molecule has 0 spiro atoms. The van der Waals surface area contributed by atoms with Crippen LogP contribution in [0.4, 0.5) is 5.95 Å². The molecule has 3 heterocycles. The maximum absolute atomic E-state index is 12.7. The van der Waals surface area contributed by atoms with Crippen molar-refractivity contribution in [2.24, 2.45) is 11.8 Å². The molecule has 0 bridgehead atoms. The van der Waals surface area contributed by atoms with Gasteiger partial charge in [-0.3, -0.25) is 24.5 Å². The Morgan fingerprint density at radius 1 is 0.978 bits per heavy atom. The molecule has 2 unspecified atom stereocenters. The number of fused-ring (bicyclic) bond motifs is 1. The van der Waals surface area contributed by atoms with Crippen molar-refractivity contribution in [3.63, 3.8) is 0 Å². The highest BCUT2D eigenvalue weighted by molar-refractivity contribution is 5.91. The Hall–Kier alpha value is -5.00. The number of hydrogen-bond donors (Lipinski definition) is 2. The highest BCUT2D eigenvalue weighted by atomic mass is 16.5. The van der Waals surface area contributed by atoms with E-state index in [4.69, 9.17) is 18.9 Å². The number of methoxy groups -OCH3 is 2. The summed E-state index contributed by atoms with van der Waals surface area (Å²) in [5.41, 5.74) is 1.99. The molecule has 0 aliphatic carbocycles. The van der Waals surface area contributed by atoms with Crippen LogP contribution in [-0.2, 0) is 19.9 Å². The van der Waals surface area contributed by atoms with E-state index in [2.05, 4.69) is 32.4 Å². The Labute approximate surface area is 266 Å². The van der Waals surface area contributed by atoms with E-state index in [-0.39, 0.29) is 29.2 Å². The van der Waals surface area contributed by atoms with Crippen LogP contribution in [0.1, 0.15) is 43.2 Å². The fourth-order valence-electron chi connectivity index (χ4n) is 5.75. The zero-order chi connectivity index (χ0) is 32.3. The number of anilines is 1. The maximum Gasteiger partial charge on any atom is 0.280 e. The van der Waals surface area contributed by atoms with E-state index >= 15 is 0 Å². The minimum absolute atomic E-state index is 0.0177. The number of hydrogen-bond acceptors (Lipinski definition) is 8. The van der Waals surface area contributed by atoms with Gasteiger partial charge in [0.25, 0.3) is 5.56 Å². The van der Waals surface area contributed by atoms with E-state index in [1.807, 2.05) is 66.7 Å². The lowest BCUT2D eigenvalue weighted by Gasteiger charge is -2.37. The molecular formula is C35H37N5O6. The van der Waals surface area contributed by atoms with Gasteiger partial charge in [0.15, 0.2) is 11.2 Å². The topological polar surface area (TPSA) is 130 Å². The summed E-state index contributed by atoms with van der Waals surface area (Å²) in [7, 11) is 3.29. The number of imidazole rings is 1. The molecule has 6 rings (SSSR count). The lowest BCUT2D eigenvalue weighted by atomic mass is 9.80. The largest absolute Gasteiger partial charge is 0.497 e. The number of amides is 1. The van der Waals surface area contributed by atoms with Gasteiger partial charge in [0.2, 0.25) is 11.9 Å². The fourth-order valence-corrected chi connectivity index (χ4v) is 5.75. The van der Waals surface area contributed by atoms with Gasteiger partial charge in [0, 0.05) is 11.8 Å². The van der Waals surface area contributed by atoms with Gasteiger partial charge < -0.3 is 18.9 Å². The number of H-pyrrole nitrogens is 1. The molecule has 5 aromatic rings. The molecule has 0 saturated carbocycles. The van der Waals surface area contributed by atoms with Gasteiger partial charge in [-0.05, 0) is 47.4 Å². The van der Waals surface area contributed by atoms with Crippen LogP contribution in [0.15, 0.2) is 90.0 Å². The molecule has 1 aliphatic heterocycles. The quantitative estimate of drug-likeness (QED) is 0.190. The number of ether oxygens (including phenoxy) is 4. The Morgan fingerprint density at radius 2 is 1.59 bits per heavy atom. The minimum atomic E-state index is -0.946. The molecule has 238 valence electrons. The third kappa shape index (κ3) is 5.99. The Kier molecular flexibility index (Phi) is 8.87. The average molecular weight is 624 g/mol. The van der Waals surface area contributed by atoms with E-state index in [0.717, 1.165) is 28.2 Å². The molecule has 1 fully saturated rings. The molecule has 2 atom stereocenters. The Balaban J connectivity index is 1.31. The number of nitrogens with one attached hydrogen (secondary N) is 2. The Morgan fingerprint density at radius 3 is 2.17 bits per heavy atom. The van der Waals surface area contributed by atoms with Crippen LogP contribution >= 0.6 is 0 Å². The standard InChI is InChI=1S/C35H37N5O6/c1-22(2)32(41)38-34-37-31-30(33(42)39-34)36-21-40(31)29-18-23(19-45-29)20-46-35(24-8-6-5-7-9-24,25-10-14-27(43-3)15-11-25)26-12-16-28(44-4)17-13-26/h5-17,21-23,29H,18-20H2,1-4H3,(H2,37,38,39,41,42). The van der Waals surface area contributed by atoms with Gasteiger partial charge in [-0.15, -0.1) is 0 Å². The van der Waals surface area contributed by atoms with Crippen LogP contribution in [0.2, 0.25) is 0 Å². The summed E-state index contributed by atoms with van der Waals surface area (Å²) in [5.74, 6) is 1.06. The smallest absolute Gasteiger partial charge is 0.280 e. The van der Waals surface area contributed by atoms with Crippen molar-refractivity contribution in [2.45, 2.75) is 32.1 Å². The first-order valence-electron chi connectivity index (χ1n) is 15.2. The van der Waals surface area contributed by atoms with Crippen molar-refractivity contribution in [3.8, 4) is 11.5 Å². The van der Waals surface area contributed by atoms with Crippen LogP contribution in [0.25, 0.3) is 11.2 Å². The highest BCUT2D eigenvalue weighted by Crippen LogP contribution is 2.43. The van der Waals surface area contributed by atoms with Crippen molar-refractivity contribution in [1.82, 2.24) is 19.5 Å². The third-order valence-electron chi connectivity index (χ3n) is 8.28. The van der Waals surface area contributed by atoms with E-state index in [0.29, 0.717) is 25.3 Å². The first-order valence-corrected chi connectivity index (χ1v) is 15.2. The lowest BCUT2D eigenvalue weighted by molar-refractivity contribution is -0.118. The first kappa shape index (κ1) is 31.0. The monoisotopic (exact) mass is 623 g/mol. The number of nitrogens with zero attached hydrogens (tertiary/aromatic N) is 3. The summed E-state index contributed by atoms with van der Waals surface area (Å²) in [6.45, 7) is 4.33. The molecule has 1 saturated heterocycles. The van der Waals surface area contributed by atoms with Gasteiger partial charge >= 0.3 is 0 Å². The maximum atomic E-state index is 12.7. The second-order valence-corrected chi connectivity index (χ2v) is 11.6. The van der Waals surface area contributed by atoms with Crippen molar-refractivity contribution in [2.75, 3.05) is 32.8 Å². The second-order valence-electron chi connectivity index (χ2n) is 11.6. The predicted octanol–water partition coefficient (Wildman–Crippen LogP) is 5.28. The molecule has 1 aliphatic rings. The third-order valence-corrected chi connectivity index (χ3v) is 8.28. The number of rotatable bonds is 11. The minimum Gasteiger partial charge on any atom is -0.497 e. The summed E-state index contributed by atoms with van der Waals surface area (Å²) >= 11 is 0. The number of carbonyl (C=O) groups is 1. The normalized spacial score (nSPS) is 16.5. The van der Waals surface area contributed by atoms with Crippen molar-refractivity contribution in [1.29, 1.82) is 0 Å². The van der Waals surface area contributed by atoms with Crippen molar-refractivity contribution in [3.05, 3.63) is 112 Å².